The highest BCUT2D eigenvalue weighted by Crippen LogP contribution is 2.29. The Morgan fingerprint density at radius 3 is 1.86 bits per heavy atom. The average Bonchev–Trinajstić information content (AvgIpc) is 2.32. The Hall–Kier alpha value is -1.07. The van der Waals surface area contributed by atoms with Gasteiger partial charge in [0.1, 0.15) is 4.90 Å². The van der Waals surface area contributed by atoms with Gasteiger partial charge < -0.3 is 5.73 Å². The molecular formula is C16H28N2O2S. The van der Waals surface area contributed by atoms with E-state index in [4.69, 9.17) is 5.73 Å². The topological polar surface area (TPSA) is 63.4 Å². The Morgan fingerprint density at radius 2 is 1.43 bits per heavy atom. The van der Waals surface area contributed by atoms with Gasteiger partial charge in [-0.2, -0.15) is 4.31 Å². The van der Waals surface area contributed by atoms with Crippen molar-refractivity contribution in [1.82, 2.24) is 4.31 Å². The van der Waals surface area contributed by atoms with Crippen LogP contribution in [0.3, 0.4) is 0 Å². The molecule has 0 aromatic heterocycles. The molecule has 0 radical (unpaired) electrons. The third-order valence-electron chi connectivity index (χ3n) is 3.35. The number of aryl methyl sites for hydroxylation is 2. The van der Waals surface area contributed by atoms with Crippen LogP contribution in [-0.4, -0.2) is 25.8 Å². The third-order valence-corrected chi connectivity index (χ3v) is 5.38. The number of nitrogen functional groups attached to an aromatic ring is 1. The zero-order valence-corrected chi connectivity index (χ0v) is 14.8. The maximum absolute atomic E-state index is 13.0. The van der Waals surface area contributed by atoms with E-state index in [1.807, 2.05) is 46.8 Å². The Morgan fingerprint density at radius 1 is 1.00 bits per heavy atom. The lowest BCUT2D eigenvalue weighted by atomic mass is 10.1. The number of hydrogen-bond donors (Lipinski definition) is 1. The molecule has 0 unspecified atom stereocenters. The molecule has 4 nitrogen and oxygen atoms in total. The predicted octanol–water partition coefficient (Wildman–Crippen LogP) is 3.19. The van der Waals surface area contributed by atoms with E-state index in [9.17, 15) is 8.42 Å². The van der Waals surface area contributed by atoms with E-state index in [2.05, 4.69) is 0 Å². The van der Waals surface area contributed by atoms with Crippen molar-refractivity contribution < 1.29 is 8.42 Å². The van der Waals surface area contributed by atoms with Crippen molar-refractivity contribution in [2.75, 3.05) is 18.8 Å². The van der Waals surface area contributed by atoms with Gasteiger partial charge in [-0.3, -0.25) is 0 Å². The molecule has 0 saturated carbocycles. The largest absolute Gasteiger partial charge is 0.397 e. The van der Waals surface area contributed by atoms with Crippen molar-refractivity contribution in [2.45, 2.75) is 46.4 Å². The van der Waals surface area contributed by atoms with Crippen molar-refractivity contribution in [1.29, 1.82) is 0 Å². The number of rotatable bonds is 6. The maximum atomic E-state index is 13.0. The SMILES string of the molecule is Cc1ccc(C)c(S(=O)(=O)N(CC(C)C)CC(C)C)c1N. The van der Waals surface area contributed by atoms with Crippen LogP contribution in [0.2, 0.25) is 0 Å². The van der Waals surface area contributed by atoms with Crippen LogP contribution in [0.5, 0.6) is 0 Å². The molecule has 0 atom stereocenters. The Bertz CT molecular complexity index is 583. The molecule has 0 fully saturated rings. The number of sulfonamides is 1. The van der Waals surface area contributed by atoms with E-state index in [1.165, 1.54) is 0 Å². The molecular weight excluding hydrogens is 284 g/mol. The van der Waals surface area contributed by atoms with Crippen LogP contribution in [0.15, 0.2) is 17.0 Å². The molecule has 1 rings (SSSR count). The van der Waals surface area contributed by atoms with E-state index in [-0.39, 0.29) is 16.7 Å². The first-order chi connectivity index (χ1) is 9.57. The summed E-state index contributed by atoms with van der Waals surface area (Å²) in [4.78, 5) is 0.267. The van der Waals surface area contributed by atoms with Gasteiger partial charge in [0.25, 0.3) is 0 Å². The molecule has 0 bridgehead atoms. The van der Waals surface area contributed by atoms with Crippen molar-refractivity contribution >= 4 is 15.7 Å². The van der Waals surface area contributed by atoms with Gasteiger partial charge in [0.2, 0.25) is 10.0 Å². The molecule has 5 heteroatoms. The van der Waals surface area contributed by atoms with Crippen LogP contribution >= 0.6 is 0 Å². The van der Waals surface area contributed by atoms with Gasteiger partial charge >= 0.3 is 0 Å². The fourth-order valence-electron chi connectivity index (χ4n) is 2.36. The number of hydrogen-bond acceptors (Lipinski definition) is 3. The highest BCUT2D eigenvalue weighted by molar-refractivity contribution is 7.89. The maximum Gasteiger partial charge on any atom is 0.245 e. The Balaban J connectivity index is 3.38. The second kappa shape index (κ2) is 6.79. The van der Waals surface area contributed by atoms with Crippen molar-refractivity contribution in [3.63, 3.8) is 0 Å². The van der Waals surface area contributed by atoms with E-state index in [0.717, 1.165) is 5.56 Å². The first-order valence-electron chi connectivity index (χ1n) is 7.43. The number of benzene rings is 1. The van der Waals surface area contributed by atoms with Gasteiger partial charge in [0.15, 0.2) is 0 Å². The zero-order chi connectivity index (χ0) is 16.4. The highest BCUT2D eigenvalue weighted by atomic mass is 32.2. The van der Waals surface area contributed by atoms with Gasteiger partial charge in [0.05, 0.1) is 5.69 Å². The molecule has 0 heterocycles. The molecule has 0 aliphatic heterocycles. The molecule has 0 amide bonds. The monoisotopic (exact) mass is 312 g/mol. The molecule has 120 valence electrons. The summed E-state index contributed by atoms with van der Waals surface area (Å²) in [6.45, 7) is 12.7. The molecule has 0 spiro atoms. The van der Waals surface area contributed by atoms with E-state index in [0.29, 0.717) is 24.3 Å². The summed E-state index contributed by atoms with van der Waals surface area (Å²) in [6, 6.07) is 3.68. The second-order valence-corrected chi connectivity index (χ2v) is 8.43. The summed E-state index contributed by atoms with van der Waals surface area (Å²) in [5, 5.41) is 0. The van der Waals surface area contributed by atoms with Crippen molar-refractivity contribution in [3.8, 4) is 0 Å². The van der Waals surface area contributed by atoms with Crippen LogP contribution in [-0.2, 0) is 10.0 Å². The molecule has 0 saturated heterocycles. The fraction of sp³-hybridized carbons (Fsp3) is 0.625. The average molecular weight is 312 g/mol. The normalized spacial score (nSPS) is 12.6. The molecule has 21 heavy (non-hydrogen) atoms. The number of anilines is 1. The summed E-state index contributed by atoms with van der Waals surface area (Å²) >= 11 is 0. The lowest BCUT2D eigenvalue weighted by Gasteiger charge is -2.27. The van der Waals surface area contributed by atoms with Crippen LogP contribution in [0.4, 0.5) is 5.69 Å². The van der Waals surface area contributed by atoms with E-state index in [1.54, 1.807) is 11.2 Å². The Labute approximate surface area is 129 Å². The third kappa shape index (κ3) is 4.20. The quantitative estimate of drug-likeness (QED) is 0.821. The number of nitrogens with zero attached hydrogens (tertiary/aromatic N) is 1. The molecule has 1 aromatic carbocycles. The van der Waals surface area contributed by atoms with Crippen molar-refractivity contribution in [3.05, 3.63) is 23.3 Å². The lowest BCUT2D eigenvalue weighted by Crippen LogP contribution is -2.37. The fourth-order valence-corrected chi connectivity index (χ4v) is 4.52. The lowest BCUT2D eigenvalue weighted by molar-refractivity contribution is 0.333. The summed E-state index contributed by atoms with van der Waals surface area (Å²) in [6.07, 6.45) is 0. The van der Waals surface area contributed by atoms with Crippen molar-refractivity contribution in [2.24, 2.45) is 11.8 Å². The van der Waals surface area contributed by atoms with Gasteiger partial charge in [-0.15, -0.1) is 0 Å². The van der Waals surface area contributed by atoms with Crippen LogP contribution < -0.4 is 5.73 Å². The first kappa shape index (κ1) is 18.0. The minimum absolute atomic E-state index is 0.267. The molecule has 0 aliphatic rings. The van der Waals surface area contributed by atoms with Gasteiger partial charge in [-0.1, -0.05) is 39.8 Å². The standard InChI is InChI=1S/C16H28N2O2S/c1-11(2)9-18(10-12(3)4)21(19,20)16-14(6)8-7-13(5)15(16)17/h7-8,11-12H,9-10,17H2,1-6H3. The molecule has 0 aliphatic carbocycles. The van der Waals surface area contributed by atoms with E-state index < -0.39 is 10.0 Å². The van der Waals surface area contributed by atoms with Crippen LogP contribution in [0.25, 0.3) is 0 Å². The first-order valence-corrected chi connectivity index (χ1v) is 8.87. The van der Waals surface area contributed by atoms with Gasteiger partial charge in [-0.25, -0.2) is 8.42 Å². The Kier molecular flexibility index (Phi) is 5.82. The van der Waals surface area contributed by atoms with Gasteiger partial charge in [-0.05, 0) is 36.8 Å². The second-order valence-electron chi connectivity index (χ2n) is 6.55. The number of nitrogens with two attached hydrogens (primary N) is 1. The summed E-state index contributed by atoms with van der Waals surface area (Å²) in [5.74, 6) is 0.537. The predicted molar refractivity (Wildman–Crippen MR) is 88.8 cm³/mol. The summed E-state index contributed by atoms with van der Waals surface area (Å²) in [7, 11) is -3.57. The molecule has 1 aromatic rings. The minimum Gasteiger partial charge on any atom is -0.397 e. The van der Waals surface area contributed by atoms with Crippen LogP contribution in [0, 0.1) is 25.7 Å². The zero-order valence-electron chi connectivity index (χ0n) is 14.0. The van der Waals surface area contributed by atoms with Crippen LogP contribution in [0.1, 0.15) is 38.8 Å². The smallest absolute Gasteiger partial charge is 0.245 e. The van der Waals surface area contributed by atoms with E-state index >= 15 is 0 Å². The highest BCUT2D eigenvalue weighted by Gasteiger charge is 2.29. The molecule has 2 N–H and O–H groups in total. The minimum atomic E-state index is -3.57. The summed E-state index contributed by atoms with van der Waals surface area (Å²) < 4.78 is 27.7. The van der Waals surface area contributed by atoms with Gasteiger partial charge in [0, 0.05) is 13.1 Å². The summed E-state index contributed by atoms with van der Waals surface area (Å²) in [5.41, 5.74) is 7.93.